The first-order chi connectivity index (χ1) is 17.7. The molecule has 0 unspecified atom stereocenters. The minimum atomic E-state index is -0.133. The number of halogens is 1. The fourth-order valence-corrected chi connectivity index (χ4v) is 2.92. The maximum Gasteiger partial charge on any atom is 0.123 e. The molecule has 0 atom stereocenters. The third-order valence-corrected chi connectivity index (χ3v) is 4.81. The quantitative estimate of drug-likeness (QED) is 0.256. The molecule has 0 bridgehead atoms. The summed E-state index contributed by atoms with van der Waals surface area (Å²) in [5.74, 6) is -0.133. The van der Waals surface area contributed by atoms with Gasteiger partial charge in [-0.25, -0.2) is 4.39 Å². The van der Waals surface area contributed by atoms with E-state index in [1.54, 1.807) is 31.5 Å². The van der Waals surface area contributed by atoms with Gasteiger partial charge in [0.1, 0.15) is 5.82 Å². The number of hydrogen-bond donors (Lipinski definition) is 0. The number of aryl methyl sites for hydroxylation is 3. The molecule has 0 radical (unpaired) electrons. The maximum absolute atomic E-state index is 12.5. The lowest BCUT2D eigenvalue weighted by Gasteiger charge is -2.06. The molecule has 4 heteroatoms. The van der Waals surface area contributed by atoms with E-state index >= 15 is 0 Å². The molecule has 0 saturated heterocycles. The first kappa shape index (κ1) is 35.8. The van der Waals surface area contributed by atoms with Crippen LogP contribution in [0.15, 0.2) is 85.2 Å². The van der Waals surface area contributed by atoms with Gasteiger partial charge in [-0.2, -0.15) is 0 Å². The van der Waals surface area contributed by atoms with E-state index < -0.39 is 0 Å². The normalized spacial score (nSPS) is 9.51. The van der Waals surface area contributed by atoms with Gasteiger partial charge in [0.05, 0.1) is 11.4 Å². The first-order valence-electron chi connectivity index (χ1n) is 13.0. The molecule has 0 amide bonds. The van der Waals surface area contributed by atoms with Crippen LogP contribution < -0.4 is 0 Å². The zero-order valence-corrected chi connectivity index (χ0v) is 24.6. The molecule has 0 fully saturated rings. The predicted octanol–water partition coefficient (Wildman–Crippen LogP) is 9.50. The maximum atomic E-state index is 12.5. The molecule has 0 aliphatic carbocycles. The highest BCUT2D eigenvalue weighted by molar-refractivity contribution is 5.97. The van der Waals surface area contributed by atoms with Crippen LogP contribution >= 0.6 is 0 Å². The molecule has 0 N–H and O–H groups in total. The van der Waals surface area contributed by atoms with E-state index in [4.69, 9.17) is 0 Å². The number of allylic oxidation sites excluding steroid dienone is 2. The monoisotopic (exact) mass is 505 g/mol. The van der Waals surface area contributed by atoms with Gasteiger partial charge in [0.2, 0.25) is 0 Å². The van der Waals surface area contributed by atoms with E-state index in [1.165, 1.54) is 11.6 Å². The standard InChI is InChI=1S/C12H16N2.C9H11F.C7H9N.C3H6.C2H6/c1-8(2)11-6-7-12(10(4)13-5)14-9(11)3;1-2-4-8-5-3-6-9(10)7-8;1-2-7-4-3-5-8-6-7;1-3-2;1-2/h6-7H,1H2,2-5H3;3,5-7H,2,4H2,1H3;3-6H,2H2,1H3;3H,1H2,2H3;1-2H3. The van der Waals surface area contributed by atoms with Crippen LogP contribution in [0, 0.1) is 12.7 Å². The summed E-state index contributed by atoms with van der Waals surface area (Å²) in [6.07, 6.45) is 8.55. The van der Waals surface area contributed by atoms with Crippen molar-refractivity contribution in [2.24, 2.45) is 4.99 Å². The van der Waals surface area contributed by atoms with Crippen LogP contribution in [0.25, 0.3) is 5.57 Å². The SMILES string of the molecule is C=C(C)c1ccc(C(C)=NC)nc1C.C=CC.CC.CCCc1cccc(F)c1.CCc1cccnc1. The molecule has 2 aromatic heterocycles. The average molecular weight is 506 g/mol. The van der Waals surface area contributed by atoms with E-state index in [0.717, 1.165) is 53.1 Å². The van der Waals surface area contributed by atoms with Crippen molar-refractivity contribution in [2.45, 2.75) is 74.7 Å². The summed E-state index contributed by atoms with van der Waals surface area (Å²) in [5, 5.41) is 0. The Kier molecular flexibility index (Phi) is 22.3. The van der Waals surface area contributed by atoms with Crippen LogP contribution in [-0.4, -0.2) is 22.7 Å². The molecule has 0 saturated carbocycles. The number of aromatic nitrogens is 2. The minimum Gasteiger partial charge on any atom is -0.291 e. The van der Waals surface area contributed by atoms with E-state index in [9.17, 15) is 4.39 Å². The van der Waals surface area contributed by atoms with Gasteiger partial charge in [-0.15, -0.1) is 6.58 Å². The molecular formula is C33H48FN3. The Morgan fingerprint density at radius 2 is 1.65 bits per heavy atom. The minimum absolute atomic E-state index is 0.133. The van der Waals surface area contributed by atoms with Gasteiger partial charge in [0.25, 0.3) is 0 Å². The Hall–Kier alpha value is -3.40. The van der Waals surface area contributed by atoms with Gasteiger partial charge >= 0.3 is 0 Å². The van der Waals surface area contributed by atoms with Crippen molar-refractivity contribution >= 4 is 11.3 Å². The van der Waals surface area contributed by atoms with Crippen LogP contribution in [0.4, 0.5) is 4.39 Å². The molecule has 2 heterocycles. The zero-order valence-electron chi connectivity index (χ0n) is 24.6. The van der Waals surface area contributed by atoms with E-state index in [0.29, 0.717) is 0 Å². The fourth-order valence-electron chi connectivity index (χ4n) is 2.92. The van der Waals surface area contributed by atoms with Crippen molar-refractivity contribution in [3.8, 4) is 0 Å². The van der Waals surface area contributed by atoms with Gasteiger partial charge < -0.3 is 0 Å². The Labute approximate surface area is 226 Å². The second-order valence-electron chi connectivity index (χ2n) is 7.92. The van der Waals surface area contributed by atoms with Crippen molar-refractivity contribution in [3.63, 3.8) is 0 Å². The third-order valence-electron chi connectivity index (χ3n) is 4.81. The largest absolute Gasteiger partial charge is 0.291 e. The van der Waals surface area contributed by atoms with Crippen molar-refractivity contribution in [1.29, 1.82) is 0 Å². The highest BCUT2D eigenvalue weighted by atomic mass is 19.1. The molecule has 0 spiro atoms. The van der Waals surface area contributed by atoms with Gasteiger partial charge in [0, 0.05) is 25.1 Å². The van der Waals surface area contributed by atoms with Gasteiger partial charge in [-0.1, -0.05) is 71.0 Å². The van der Waals surface area contributed by atoms with Gasteiger partial charge in [-0.05, 0) is 87.1 Å². The highest BCUT2D eigenvalue weighted by Crippen LogP contribution is 2.15. The zero-order chi connectivity index (χ0) is 28.6. The summed E-state index contributed by atoms with van der Waals surface area (Å²) in [7, 11) is 1.78. The number of benzene rings is 1. The van der Waals surface area contributed by atoms with E-state index in [2.05, 4.69) is 54.1 Å². The van der Waals surface area contributed by atoms with Crippen LogP contribution in [0.2, 0.25) is 0 Å². The summed E-state index contributed by atoms with van der Waals surface area (Å²) in [6, 6.07) is 14.8. The second-order valence-corrected chi connectivity index (χ2v) is 7.92. The number of pyridine rings is 2. The van der Waals surface area contributed by atoms with Crippen LogP contribution in [0.1, 0.15) is 83.0 Å². The summed E-state index contributed by atoms with van der Waals surface area (Å²) in [4.78, 5) is 12.5. The Morgan fingerprint density at radius 1 is 1.03 bits per heavy atom. The summed E-state index contributed by atoms with van der Waals surface area (Å²) >= 11 is 0. The smallest absolute Gasteiger partial charge is 0.123 e. The van der Waals surface area contributed by atoms with E-state index in [-0.39, 0.29) is 5.82 Å². The lowest BCUT2D eigenvalue weighted by molar-refractivity contribution is 0.625. The Morgan fingerprint density at radius 3 is 2.05 bits per heavy atom. The number of hydrogen-bond acceptors (Lipinski definition) is 3. The molecule has 202 valence electrons. The third kappa shape index (κ3) is 16.8. The molecule has 3 aromatic rings. The van der Waals surface area contributed by atoms with Crippen LogP contribution in [0.3, 0.4) is 0 Å². The average Bonchev–Trinajstić information content (AvgIpc) is 2.91. The lowest BCUT2D eigenvalue weighted by Crippen LogP contribution is -2.01. The second kappa shape index (κ2) is 23.0. The van der Waals surface area contributed by atoms with Crippen molar-refractivity contribution in [3.05, 3.63) is 114 Å². The molecule has 37 heavy (non-hydrogen) atoms. The fraction of sp³-hybridized carbons (Fsp3) is 0.364. The molecule has 3 rings (SSSR count). The van der Waals surface area contributed by atoms with E-state index in [1.807, 2.05) is 65.9 Å². The highest BCUT2D eigenvalue weighted by Gasteiger charge is 2.03. The van der Waals surface area contributed by atoms with Crippen LogP contribution in [0.5, 0.6) is 0 Å². The topological polar surface area (TPSA) is 38.1 Å². The lowest BCUT2D eigenvalue weighted by atomic mass is 10.1. The molecular weight excluding hydrogens is 457 g/mol. The Balaban J connectivity index is 0. The summed E-state index contributed by atoms with van der Waals surface area (Å²) in [6.45, 7) is 23.3. The van der Waals surface area contributed by atoms with Crippen molar-refractivity contribution in [1.82, 2.24) is 9.97 Å². The van der Waals surface area contributed by atoms with Crippen LogP contribution in [-0.2, 0) is 12.8 Å². The summed E-state index contributed by atoms with van der Waals surface area (Å²) in [5.41, 5.74) is 7.47. The molecule has 1 aromatic carbocycles. The van der Waals surface area contributed by atoms with Gasteiger partial charge in [-0.3, -0.25) is 15.0 Å². The molecule has 3 nitrogen and oxygen atoms in total. The van der Waals surface area contributed by atoms with Gasteiger partial charge in [0.15, 0.2) is 0 Å². The number of aliphatic imine (C=N–C) groups is 1. The first-order valence-corrected chi connectivity index (χ1v) is 13.0. The predicted molar refractivity (Wildman–Crippen MR) is 163 cm³/mol. The Bertz CT molecular complexity index is 1040. The number of nitrogens with zero attached hydrogens (tertiary/aromatic N) is 3. The van der Waals surface area contributed by atoms with Crippen molar-refractivity contribution < 1.29 is 4.39 Å². The summed E-state index contributed by atoms with van der Waals surface area (Å²) < 4.78 is 12.5. The van der Waals surface area contributed by atoms with Crippen molar-refractivity contribution in [2.75, 3.05) is 7.05 Å². The number of rotatable bonds is 5. The molecule has 0 aliphatic rings. The molecule has 0 aliphatic heterocycles.